The second-order valence-electron chi connectivity index (χ2n) is 7.83. The van der Waals surface area contributed by atoms with Crippen LogP contribution in [-0.2, 0) is 14.6 Å². The number of ether oxygens (including phenoxy) is 2. The molecule has 2 aromatic carbocycles. The largest absolute Gasteiger partial charge is 0.490 e. The molecule has 3 rings (SSSR count). The summed E-state index contributed by atoms with van der Waals surface area (Å²) in [6.07, 6.45) is 3.73. The van der Waals surface area contributed by atoms with Crippen LogP contribution >= 0.6 is 0 Å². The van der Waals surface area contributed by atoms with Crippen molar-refractivity contribution < 1.29 is 22.7 Å². The molecule has 1 fully saturated rings. The van der Waals surface area contributed by atoms with E-state index in [1.54, 1.807) is 48.5 Å². The molecular weight excluding hydrogens is 414 g/mol. The predicted octanol–water partition coefficient (Wildman–Crippen LogP) is 4.99. The van der Waals surface area contributed by atoms with Crippen LogP contribution in [0.1, 0.15) is 52.4 Å². The normalized spacial score (nSPS) is 15.4. The molecule has 0 atom stereocenters. The first-order valence-electron chi connectivity index (χ1n) is 11.0. The number of benzene rings is 2. The summed E-state index contributed by atoms with van der Waals surface area (Å²) in [5, 5.41) is 2.85. The van der Waals surface area contributed by atoms with Crippen LogP contribution in [0.4, 0.5) is 5.69 Å². The third kappa shape index (κ3) is 4.87. The van der Waals surface area contributed by atoms with Gasteiger partial charge < -0.3 is 14.8 Å². The van der Waals surface area contributed by atoms with Gasteiger partial charge in [0.1, 0.15) is 0 Å². The molecule has 0 aromatic heterocycles. The van der Waals surface area contributed by atoms with Crippen molar-refractivity contribution in [1.82, 2.24) is 0 Å². The highest BCUT2D eigenvalue weighted by molar-refractivity contribution is 7.93. The van der Waals surface area contributed by atoms with Gasteiger partial charge in [-0.1, -0.05) is 44.9 Å². The maximum absolute atomic E-state index is 13.5. The van der Waals surface area contributed by atoms with Gasteiger partial charge in [0.15, 0.2) is 26.1 Å². The number of carbonyl (C=O) groups is 1. The molecule has 0 aliphatic heterocycles. The van der Waals surface area contributed by atoms with Crippen molar-refractivity contribution in [1.29, 1.82) is 0 Å². The van der Waals surface area contributed by atoms with Gasteiger partial charge in [0.05, 0.1) is 18.1 Å². The smallest absolute Gasteiger partial charge is 0.246 e. The average molecular weight is 446 g/mol. The molecule has 1 aliphatic carbocycles. The van der Waals surface area contributed by atoms with Crippen molar-refractivity contribution in [2.45, 2.75) is 62.0 Å². The van der Waals surface area contributed by atoms with Crippen molar-refractivity contribution in [3.63, 3.8) is 0 Å². The molecule has 168 valence electrons. The van der Waals surface area contributed by atoms with Gasteiger partial charge in [-0.2, -0.15) is 0 Å². The SMILES string of the molecule is CCCOc1ccc(NC(=O)C2(S(=O)(=O)c3ccccc3)CCCC2)cc1OCCC. The van der Waals surface area contributed by atoms with Gasteiger partial charge >= 0.3 is 0 Å². The first-order chi connectivity index (χ1) is 14.9. The Morgan fingerprint density at radius 1 is 0.935 bits per heavy atom. The lowest BCUT2D eigenvalue weighted by Gasteiger charge is -2.28. The van der Waals surface area contributed by atoms with Gasteiger partial charge in [-0.15, -0.1) is 0 Å². The third-order valence-electron chi connectivity index (χ3n) is 5.52. The fraction of sp³-hybridized carbons (Fsp3) is 0.458. The highest BCUT2D eigenvalue weighted by Crippen LogP contribution is 2.42. The molecule has 1 amide bonds. The second-order valence-corrected chi connectivity index (χ2v) is 10.1. The van der Waals surface area contributed by atoms with Crippen molar-refractivity contribution >= 4 is 21.4 Å². The van der Waals surface area contributed by atoms with E-state index >= 15 is 0 Å². The maximum Gasteiger partial charge on any atom is 0.246 e. The summed E-state index contributed by atoms with van der Waals surface area (Å²) in [7, 11) is -3.83. The quantitative estimate of drug-likeness (QED) is 0.557. The lowest BCUT2D eigenvalue weighted by molar-refractivity contribution is -0.118. The minimum atomic E-state index is -3.83. The fourth-order valence-electron chi connectivity index (χ4n) is 3.88. The number of anilines is 1. The van der Waals surface area contributed by atoms with E-state index in [0.717, 1.165) is 12.8 Å². The van der Waals surface area contributed by atoms with E-state index < -0.39 is 20.5 Å². The van der Waals surface area contributed by atoms with Gasteiger partial charge in [-0.25, -0.2) is 8.42 Å². The van der Waals surface area contributed by atoms with Crippen LogP contribution in [-0.4, -0.2) is 32.3 Å². The Hall–Kier alpha value is -2.54. The number of hydrogen-bond donors (Lipinski definition) is 1. The third-order valence-corrected chi connectivity index (χ3v) is 8.03. The molecule has 2 aromatic rings. The van der Waals surface area contributed by atoms with Crippen LogP contribution in [0.25, 0.3) is 0 Å². The minimum Gasteiger partial charge on any atom is -0.490 e. The summed E-state index contributed by atoms with van der Waals surface area (Å²) in [4.78, 5) is 13.6. The number of carbonyl (C=O) groups excluding carboxylic acids is 1. The topological polar surface area (TPSA) is 81.7 Å². The molecule has 0 heterocycles. The zero-order valence-electron chi connectivity index (χ0n) is 18.2. The van der Waals surface area contributed by atoms with Crippen LogP contribution in [0.3, 0.4) is 0 Å². The Morgan fingerprint density at radius 3 is 2.16 bits per heavy atom. The predicted molar refractivity (Wildman–Crippen MR) is 121 cm³/mol. The summed E-state index contributed by atoms with van der Waals surface area (Å²) >= 11 is 0. The van der Waals surface area contributed by atoms with E-state index in [9.17, 15) is 13.2 Å². The number of nitrogens with one attached hydrogen (secondary N) is 1. The van der Waals surface area contributed by atoms with Gasteiger partial charge in [-0.3, -0.25) is 4.79 Å². The molecule has 0 unspecified atom stereocenters. The molecule has 1 N–H and O–H groups in total. The molecule has 1 saturated carbocycles. The van der Waals surface area contributed by atoms with E-state index in [-0.39, 0.29) is 4.90 Å². The fourth-order valence-corrected chi connectivity index (χ4v) is 5.96. The zero-order valence-corrected chi connectivity index (χ0v) is 19.0. The minimum absolute atomic E-state index is 0.183. The Kier molecular flexibility index (Phi) is 7.59. The highest BCUT2D eigenvalue weighted by Gasteiger charge is 2.52. The lowest BCUT2D eigenvalue weighted by Crippen LogP contribution is -2.47. The van der Waals surface area contributed by atoms with Crippen LogP contribution in [0.2, 0.25) is 0 Å². The maximum atomic E-state index is 13.5. The van der Waals surface area contributed by atoms with E-state index in [2.05, 4.69) is 5.32 Å². The summed E-state index contributed by atoms with van der Waals surface area (Å²) in [6, 6.07) is 13.4. The molecule has 0 spiro atoms. The van der Waals surface area contributed by atoms with Gasteiger partial charge in [-0.05, 0) is 49.9 Å². The van der Waals surface area contributed by atoms with Crippen molar-refractivity contribution in [2.75, 3.05) is 18.5 Å². The summed E-state index contributed by atoms with van der Waals surface area (Å²) in [5.74, 6) is 0.665. The molecule has 0 bridgehead atoms. The first-order valence-corrected chi connectivity index (χ1v) is 12.4. The molecule has 31 heavy (non-hydrogen) atoms. The molecule has 0 saturated heterocycles. The number of rotatable bonds is 10. The Morgan fingerprint density at radius 2 is 1.55 bits per heavy atom. The first kappa shape index (κ1) is 23.1. The average Bonchev–Trinajstić information content (AvgIpc) is 3.29. The number of sulfone groups is 1. The molecule has 7 heteroatoms. The summed E-state index contributed by atoms with van der Waals surface area (Å²) in [5.41, 5.74) is 0.495. The van der Waals surface area contributed by atoms with E-state index in [1.807, 2.05) is 13.8 Å². The van der Waals surface area contributed by atoms with Gasteiger partial charge in [0.2, 0.25) is 5.91 Å². The standard InChI is InChI=1S/C24H31NO5S/c1-3-16-29-21-13-12-19(18-22(21)30-17-4-2)25-23(26)24(14-8-9-15-24)31(27,28)20-10-6-5-7-11-20/h5-7,10-13,18H,3-4,8-9,14-17H2,1-2H3,(H,25,26). The van der Waals surface area contributed by atoms with Gasteiger partial charge in [0, 0.05) is 11.8 Å². The zero-order chi connectivity index (χ0) is 22.3. The Balaban J connectivity index is 1.89. The summed E-state index contributed by atoms with van der Waals surface area (Å²) < 4.78 is 37.0. The van der Waals surface area contributed by atoms with Crippen molar-refractivity contribution in [3.05, 3.63) is 48.5 Å². The number of hydrogen-bond acceptors (Lipinski definition) is 5. The van der Waals surface area contributed by atoms with E-state index in [1.165, 1.54) is 0 Å². The Labute approximate surface area is 184 Å². The monoisotopic (exact) mass is 445 g/mol. The summed E-state index contributed by atoms with van der Waals surface area (Å²) in [6.45, 7) is 5.12. The highest BCUT2D eigenvalue weighted by atomic mass is 32.2. The van der Waals surface area contributed by atoms with Crippen LogP contribution in [0, 0.1) is 0 Å². The van der Waals surface area contributed by atoms with Crippen molar-refractivity contribution in [3.8, 4) is 11.5 Å². The number of amides is 1. The molecule has 1 aliphatic rings. The molecular formula is C24H31NO5S. The van der Waals surface area contributed by atoms with Crippen LogP contribution in [0.15, 0.2) is 53.4 Å². The van der Waals surface area contributed by atoms with Crippen molar-refractivity contribution in [2.24, 2.45) is 0 Å². The molecule has 0 radical (unpaired) electrons. The Bertz CT molecular complexity index is 982. The van der Waals surface area contributed by atoms with E-state index in [4.69, 9.17) is 9.47 Å². The van der Waals surface area contributed by atoms with Crippen LogP contribution < -0.4 is 14.8 Å². The van der Waals surface area contributed by atoms with Gasteiger partial charge in [0.25, 0.3) is 0 Å². The second kappa shape index (κ2) is 10.2. The van der Waals surface area contributed by atoms with E-state index in [0.29, 0.717) is 56.1 Å². The molecule has 6 nitrogen and oxygen atoms in total. The van der Waals surface area contributed by atoms with Crippen LogP contribution in [0.5, 0.6) is 11.5 Å². The lowest BCUT2D eigenvalue weighted by atomic mass is 10.1.